The van der Waals surface area contributed by atoms with E-state index in [4.69, 9.17) is 46.4 Å². The molecule has 0 radical (unpaired) electrons. The van der Waals surface area contributed by atoms with Gasteiger partial charge >= 0.3 is 0 Å². The van der Waals surface area contributed by atoms with Crippen molar-refractivity contribution in [2.24, 2.45) is 0 Å². The van der Waals surface area contributed by atoms with Crippen LogP contribution >= 0.6 is 46.4 Å². The van der Waals surface area contributed by atoms with E-state index >= 15 is 0 Å². The van der Waals surface area contributed by atoms with Crippen LogP contribution in [0.15, 0.2) is 146 Å². The molecule has 13 rings (SSSR count). The SMILES string of the molecule is CCN(C(C)C)C(C)C.CN1CCCC1=O.C[C@@H]1CN(C(=O)c2ccccc2)CCN1.C[C@@H]1CN(C(=O)c2ccccc2)CCN1c1nnc(Cl)c2cc([N+](=O)[O-])ccc12.C[C@@H]1CN(C(=O)c2ccccc2)CCN1c1nnc(Cl)c2ccc([N+](=O)[O-])cc12.O=[N+]([O-])c1ccc2c(Cl)nnc(Cl)c2c1. The van der Waals surface area contributed by atoms with Crippen LogP contribution in [0.3, 0.4) is 0 Å². The third kappa shape index (κ3) is 20.7. The summed E-state index contributed by atoms with van der Waals surface area (Å²) in [5.41, 5.74) is 1.95. The third-order valence-electron chi connectivity index (χ3n) is 17.8. The molecular weight excluding hydrogens is 1420 g/mol. The van der Waals surface area contributed by atoms with Gasteiger partial charge in [-0.1, -0.05) is 108 Å². The van der Waals surface area contributed by atoms with E-state index in [9.17, 15) is 49.5 Å². The molecule has 0 spiro atoms. The van der Waals surface area contributed by atoms with E-state index in [0.717, 1.165) is 51.1 Å². The van der Waals surface area contributed by atoms with Crippen molar-refractivity contribution in [3.63, 3.8) is 0 Å². The van der Waals surface area contributed by atoms with Crippen molar-refractivity contribution >= 4 is 131 Å². The second kappa shape index (κ2) is 37.5. The number of carbonyl (C=O) groups excluding carboxylic acids is 4. The Bertz CT molecular complexity index is 4490. The van der Waals surface area contributed by atoms with Crippen LogP contribution in [0.1, 0.15) is 99.3 Å². The molecule has 0 unspecified atom stereocenters. The standard InChI is InChI=1S/2C20H18ClN5O3.C12H16N2O.C8H3Cl2N3O2.C8H19N.C5H9NO/c1-13-12-24(20(27)14-5-3-2-4-6-14)9-10-25(13)19-16-8-7-15(26(28)29)11-17(16)18(21)22-23-19;1-13-12-24(20(27)14-5-3-2-4-6-14)9-10-25(13)19-17-11-15(26(28)29)7-8-16(17)18(21)22-23-19;1-10-9-14(8-7-13-10)12(15)11-5-3-2-4-6-11;9-7-5-2-1-4(13(14)15)3-6(5)8(10)12-11-7;1-6-9(7(2)3)8(4)5;1-6-4-2-3-5(6)7/h2*2-8,11,13H,9-10,12H2,1H3;2-6,10,13H,7-9H2,1H3;1-3H;7-8H,6H2,1-5H3;2-4H2,1H3/t2*13-;10-;;;/m111.../s1. The molecule has 0 aliphatic carbocycles. The minimum absolute atomic E-state index is 0.000210. The van der Waals surface area contributed by atoms with Gasteiger partial charge in [-0.05, 0) is 116 Å². The van der Waals surface area contributed by atoms with E-state index in [1.807, 2.05) is 119 Å². The Morgan fingerprint density at radius 2 is 0.846 bits per heavy atom. The third-order valence-corrected chi connectivity index (χ3v) is 18.9. The van der Waals surface area contributed by atoms with E-state index in [-0.39, 0.29) is 67.5 Å². The molecule has 4 saturated heterocycles. The van der Waals surface area contributed by atoms with Crippen LogP contribution in [0.4, 0.5) is 28.7 Å². The number of hydrogen-bond donors (Lipinski definition) is 1. The summed E-state index contributed by atoms with van der Waals surface area (Å²) >= 11 is 23.8. The molecule has 548 valence electrons. The fourth-order valence-electron chi connectivity index (χ4n) is 12.5. The summed E-state index contributed by atoms with van der Waals surface area (Å²) in [5.74, 6) is 1.56. The van der Waals surface area contributed by atoms with Gasteiger partial charge in [0.1, 0.15) is 0 Å². The van der Waals surface area contributed by atoms with Gasteiger partial charge in [0.05, 0.1) is 14.8 Å². The Morgan fingerprint density at radius 1 is 0.490 bits per heavy atom. The minimum atomic E-state index is -0.510. The van der Waals surface area contributed by atoms with Crippen LogP contribution in [-0.4, -0.2) is 203 Å². The Kier molecular flexibility index (Phi) is 28.8. The number of piperazine rings is 3. The average molecular weight is 1500 g/mol. The lowest BCUT2D eigenvalue weighted by atomic mass is 10.1. The zero-order chi connectivity index (χ0) is 75.5. The van der Waals surface area contributed by atoms with Gasteiger partial charge < -0.3 is 34.7 Å². The molecule has 3 aromatic heterocycles. The smallest absolute Gasteiger partial charge is 0.270 e. The molecule has 27 nitrogen and oxygen atoms in total. The summed E-state index contributed by atoms with van der Waals surface area (Å²) < 4.78 is 0. The number of carbonyl (C=O) groups is 4. The number of rotatable bonds is 11. The normalized spacial score (nSPS) is 16.5. The number of fused-ring (bicyclic) bond motifs is 3. The highest BCUT2D eigenvalue weighted by Gasteiger charge is 2.33. The fourth-order valence-corrected chi connectivity index (χ4v) is 13.3. The number of benzene rings is 6. The molecule has 4 aliphatic heterocycles. The lowest BCUT2D eigenvalue weighted by molar-refractivity contribution is -0.384. The maximum absolute atomic E-state index is 12.8. The average Bonchev–Trinajstić information content (AvgIpc) is 0.817. The quantitative estimate of drug-likeness (QED) is 0.0929. The lowest BCUT2D eigenvalue weighted by Gasteiger charge is -2.40. The predicted octanol–water partition coefficient (Wildman–Crippen LogP) is 13.4. The number of nitrogens with zero attached hydrogens (tertiary/aromatic N) is 16. The van der Waals surface area contributed by atoms with E-state index < -0.39 is 14.8 Å². The van der Waals surface area contributed by atoms with Crippen molar-refractivity contribution in [1.82, 2.24) is 60.4 Å². The molecule has 104 heavy (non-hydrogen) atoms. The zero-order valence-electron chi connectivity index (χ0n) is 59.2. The summed E-state index contributed by atoms with van der Waals surface area (Å²) in [6.45, 7) is 25.1. The van der Waals surface area contributed by atoms with Crippen molar-refractivity contribution in [3.8, 4) is 0 Å². The number of amides is 4. The first-order valence-corrected chi connectivity index (χ1v) is 35.4. The first kappa shape index (κ1) is 79.8. The first-order chi connectivity index (χ1) is 49.7. The van der Waals surface area contributed by atoms with Gasteiger partial charge in [0.25, 0.3) is 34.8 Å². The summed E-state index contributed by atoms with van der Waals surface area (Å²) in [7, 11) is 1.84. The van der Waals surface area contributed by atoms with Crippen molar-refractivity contribution < 1.29 is 33.9 Å². The van der Waals surface area contributed by atoms with E-state index in [1.54, 1.807) is 29.2 Å². The van der Waals surface area contributed by atoms with Gasteiger partial charge in [-0.3, -0.25) is 54.4 Å². The summed E-state index contributed by atoms with van der Waals surface area (Å²) in [6.07, 6.45) is 1.81. The Hall–Kier alpha value is -9.90. The van der Waals surface area contributed by atoms with Crippen molar-refractivity contribution in [1.29, 1.82) is 0 Å². The molecular formula is C73H83Cl4N17O10. The maximum Gasteiger partial charge on any atom is 0.270 e. The monoisotopic (exact) mass is 1500 g/mol. The first-order valence-electron chi connectivity index (χ1n) is 33.9. The van der Waals surface area contributed by atoms with Gasteiger partial charge in [0, 0.05) is 195 Å². The van der Waals surface area contributed by atoms with Crippen molar-refractivity contribution in [3.05, 3.63) is 213 Å². The van der Waals surface area contributed by atoms with Gasteiger partial charge in [-0.15, -0.1) is 30.6 Å². The molecule has 4 fully saturated rings. The zero-order valence-corrected chi connectivity index (χ0v) is 62.2. The van der Waals surface area contributed by atoms with Crippen molar-refractivity contribution in [2.75, 3.05) is 88.8 Å². The number of aromatic nitrogens is 6. The van der Waals surface area contributed by atoms with Crippen LogP contribution in [0, 0.1) is 30.3 Å². The number of nitro groups is 3. The second-order valence-electron chi connectivity index (χ2n) is 25.6. The molecule has 1 N–H and O–H groups in total. The van der Waals surface area contributed by atoms with Crippen LogP contribution in [0.25, 0.3) is 32.3 Å². The van der Waals surface area contributed by atoms with Gasteiger partial charge in [0.2, 0.25) is 5.91 Å². The number of likely N-dealkylation sites (tertiary alicyclic amines) is 1. The number of hydrogen-bond acceptors (Lipinski definition) is 20. The molecule has 7 heterocycles. The Labute approximate surface area is 622 Å². The highest BCUT2D eigenvalue weighted by molar-refractivity contribution is 6.38. The van der Waals surface area contributed by atoms with E-state index in [0.29, 0.717) is 118 Å². The largest absolute Gasteiger partial charge is 0.348 e. The Morgan fingerprint density at radius 3 is 1.18 bits per heavy atom. The highest BCUT2D eigenvalue weighted by atomic mass is 35.5. The van der Waals surface area contributed by atoms with Gasteiger partial charge in [-0.25, -0.2) is 0 Å². The topological polar surface area (TPSA) is 310 Å². The molecule has 31 heteroatoms. The molecule has 0 bridgehead atoms. The molecule has 0 saturated carbocycles. The minimum Gasteiger partial charge on any atom is -0.348 e. The summed E-state index contributed by atoms with van der Waals surface area (Å²) in [6, 6.07) is 42.7. The maximum atomic E-state index is 12.8. The second-order valence-corrected chi connectivity index (χ2v) is 27.0. The van der Waals surface area contributed by atoms with E-state index in [1.165, 1.54) is 42.5 Å². The molecule has 4 amide bonds. The molecule has 9 aromatic rings. The number of non-ortho nitro benzene ring substituents is 3. The molecule has 6 aromatic carbocycles. The number of halogens is 4. The number of anilines is 2. The fraction of sp³-hybridized carbons (Fsp3) is 0.370. The highest BCUT2D eigenvalue weighted by Crippen LogP contribution is 2.36. The van der Waals surface area contributed by atoms with Crippen LogP contribution in [0.5, 0.6) is 0 Å². The van der Waals surface area contributed by atoms with Crippen LogP contribution < -0.4 is 15.1 Å². The van der Waals surface area contributed by atoms with Gasteiger partial charge in [0.15, 0.2) is 32.2 Å². The predicted molar refractivity (Wildman–Crippen MR) is 406 cm³/mol. The van der Waals surface area contributed by atoms with Crippen LogP contribution in [-0.2, 0) is 4.79 Å². The summed E-state index contributed by atoms with van der Waals surface area (Å²) in [4.78, 5) is 93.3. The van der Waals surface area contributed by atoms with Gasteiger partial charge in [-0.2, -0.15) is 0 Å². The lowest BCUT2D eigenvalue weighted by Crippen LogP contribution is -2.54. The molecule has 4 aliphatic rings. The van der Waals surface area contributed by atoms with Crippen LogP contribution in [0.2, 0.25) is 20.6 Å². The molecule has 3 atom stereocenters. The number of nitrogens with one attached hydrogen (secondary N) is 1. The number of nitro benzene ring substituents is 3. The Balaban J connectivity index is 0.000000169. The summed E-state index contributed by atoms with van der Waals surface area (Å²) in [5, 5.41) is 63.7. The van der Waals surface area contributed by atoms with E-state index in [2.05, 4.69) is 87.3 Å². The van der Waals surface area contributed by atoms with Crippen molar-refractivity contribution in [2.45, 2.75) is 98.4 Å².